The first-order valence-electron chi connectivity index (χ1n) is 8.27. The molecule has 1 amide bonds. The van der Waals surface area contributed by atoms with Crippen LogP contribution in [0.4, 0.5) is 28.2 Å². The molecule has 7 nitrogen and oxygen atoms in total. The Morgan fingerprint density at radius 1 is 1.33 bits per heavy atom. The third-order valence-electron chi connectivity index (χ3n) is 3.90. The zero-order valence-corrected chi connectivity index (χ0v) is 15.2. The van der Waals surface area contributed by atoms with Crippen molar-refractivity contribution >= 4 is 11.9 Å². The summed E-state index contributed by atoms with van der Waals surface area (Å²) < 4.78 is 60.2. The molecule has 152 valence electrons. The molecule has 1 aliphatic heterocycles. The number of halogens is 4. The average Bonchev–Trinajstić information content (AvgIpc) is 2.85. The van der Waals surface area contributed by atoms with Gasteiger partial charge in [0.25, 0.3) is 0 Å². The molecule has 1 fully saturated rings. The van der Waals surface area contributed by atoms with E-state index in [-0.39, 0.29) is 17.9 Å². The van der Waals surface area contributed by atoms with E-state index in [1.807, 2.05) is 0 Å². The number of rotatable bonds is 4. The Labute approximate surface area is 154 Å². The lowest BCUT2D eigenvalue weighted by Gasteiger charge is -2.29. The highest BCUT2D eigenvalue weighted by atomic mass is 19.4. The van der Waals surface area contributed by atoms with Gasteiger partial charge >= 0.3 is 12.3 Å². The van der Waals surface area contributed by atoms with E-state index in [2.05, 4.69) is 15.7 Å². The Bertz CT molecular complexity index is 648. The number of carbonyl (C=O) groups is 1. The number of hydrogen-bond donors (Lipinski definition) is 3. The van der Waals surface area contributed by atoms with Crippen molar-refractivity contribution in [3.05, 3.63) is 23.9 Å². The molecule has 0 aromatic carbocycles. The van der Waals surface area contributed by atoms with E-state index in [0.717, 1.165) is 11.1 Å². The molecule has 2 heterocycles. The standard InChI is InChI=1S/C16H23F4N5O2/c1-15(2,3)27-14(26)23-11-8-25(7-10(11)17)13(16(18,19)20)9-4-5-12(24-21)22-6-9/h4-6,10-11,13H,7-8,21H2,1-3H3,(H,22,24)(H,23,26)/t10?,11-,13-/m1/s1. The van der Waals surface area contributed by atoms with Crippen LogP contribution < -0.4 is 16.6 Å². The van der Waals surface area contributed by atoms with Crippen LogP contribution >= 0.6 is 0 Å². The summed E-state index contributed by atoms with van der Waals surface area (Å²) in [6.45, 7) is 4.09. The number of alkyl halides is 4. The van der Waals surface area contributed by atoms with Crippen LogP contribution in [-0.2, 0) is 4.74 Å². The predicted molar refractivity (Wildman–Crippen MR) is 90.5 cm³/mol. The summed E-state index contributed by atoms with van der Waals surface area (Å²) in [5.74, 6) is 5.37. The molecule has 2 rings (SSSR count). The summed E-state index contributed by atoms with van der Waals surface area (Å²) in [4.78, 5) is 16.5. The molecule has 27 heavy (non-hydrogen) atoms. The van der Waals surface area contributed by atoms with Crippen LogP contribution in [0.15, 0.2) is 18.3 Å². The third-order valence-corrected chi connectivity index (χ3v) is 3.90. The minimum absolute atomic E-state index is 0.147. The summed E-state index contributed by atoms with van der Waals surface area (Å²) >= 11 is 0. The Morgan fingerprint density at radius 3 is 2.48 bits per heavy atom. The third kappa shape index (κ3) is 5.67. The van der Waals surface area contributed by atoms with Gasteiger partial charge in [0.1, 0.15) is 23.6 Å². The number of alkyl carbamates (subject to hydrolysis) is 1. The number of aromatic nitrogens is 1. The highest BCUT2D eigenvalue weighted by Crippen LogP contribution is 2.39. The highest BCUT2D eigenvalue weighted by molar-refractivity contribution is 5.68. The lowest BCUT2D eigenvalue weighted by atomic mass is 10.1. The molecule has 0 aliphatic carbocycles. The van der Waals surface area contributed by atoms with Crippen molar-refractivity contribution < 1.29 is 27.1 Å². The monoisotopic (exact) mass is 393 g/mol. The zero-order chi connectivity index (χ0) is 20.4. The maximum absolute atomic E-state index is 14.3. The molecular weight excluding hydrogens is 370 g/mol. The second-order valence-corrected chi connectivity index (χ2v) is 7.29. The second-order valence-electron chi connectivity index (χ2n) is 7.29. The molecule has 1 aromatic heterocycles. The van der Waals surface area contributed by atoms with Gasteiger partial charge in [-0.05, 0) is 32.4 Å². The van der Waals surface area contributed by atoms with E-state index in [0.29, 0.717) is 0 Å². The smallest absolute Gasteiger partial charge is 0.408 e. The van der Waals surface area contributed by atoms with Crippen molar-refractivity contribution in [2.45, 2.75) is 50.8 Å². The Morgan fingerprint density at radius 2 is 2.00 bits per heavy atom. The van der Waals surface area contributed by atoms with Crippen molar-refractivity contribution in [2.24, 2.45) is 5.84 Å². The zero-order valence-electron chi connectivity index (χ0n) is 15.2. The fourth-order valence-electron chi connectivity index (χ4n) is 2.86. The first-order chi connectivity index (χ1) is 12.4. The van der Waals surface area contributed by atoms with E-state index in [9.17, 15) is 22.4 Å². The molecule has 1 unspecified atom stereocenters. The largest absolute Gasteiger partial charge is 0.444 e. The van der Waals surface area contributed by atoms with Crippen molar-refractivity contribution in [3.8, 4) is 0 Å². The lowest BCUT2D eigenvalue weighted by Crippen LogP contribution is -2.44. The molecule has 0 saturated carbocycles. The molecule has 4 N–H and O–H groups in total. The number of carbonyl (C=O) groups excluding carboxylic acids is 1. The summed E-state index contributed by atoms with van der Waals surface area (Å²) in [5.41, 5.74) is 1.28. The van der Waals surface area contributed by atoms with Crippen molar-refractivity contribution in [1.82, 2.24) is 15.2 Å². The number of ether oxygens (including phenoxy) is 1. The van der Waals surface area contributed by atoms with Gasteiger partial charge in [-0.15, -0.1) is 0 Å². The molecule has 3 atom stereocenters. The number of nitrogens with two attached hydrogens (primary N) is 1. The number of nitrogens with zero attached hydrogens (tertiary/aromatic N) is 2. The Hall–Kier alpha value is -2.14. The van der Waals surface area contributed by atoms with Crippen LogP contribution in [0.2, 0.25) is 0 Å². The Balaban J connectivity index is 2.14. The number of pyridine rings is 1. The molecule has 1 aliphatic rings. The van der Waals surface area contributed by atoms with E-state index < -0.39 is 42.7 Å². The van der Waals surface area contributed by atoms with Crippen LogP contribution in [0.25, 0.3) is 0 Å². The van der Waals surface area contributed by atoms with Crippen LogP contribution in [0.5, 0.6) is 0 Å². The topological polar surface area (TPSA) is 92.5 Å². The fourth-order valence-corrected chi connectivity index (χ4v) is 2.86. The van der Waals surface area contributed by atoms with Gasteiger partial charge in [0.05, 0.1) is 6.04 Å². The van der Waals surface area contributed by atoms with E-state index in [1.54, 1.807) is 20.8 Å². The molecule has 0 radical (unpaired) electrons. The first kappa shape index (κ1) is 21.2. The van der Waals surface area contributed by atoms with Gasteiger partial charge in [0.15, 0.2) is 0 Å². The van der Waals surface area contributed by atoms with Gasteiger partial charge in [-0.3, -0.25) is 4.90 Å². The number of hydrazine groups is 1. The van der Waals surface area contributed by atoms with Gasteiger partial charge < -0.3 is 15.5 Å². The summed E-state index contributed by atoms with van der Waals surface area (Å²) in [6, 6.07) is -0.640. The number of amides is 1. The van der Waals surface area contributed by atoms with Crippen LogP contribution in [0, 0.1) is 0 Å². The number of anilines is 1. The SMILES string of the molecule is CC(C)(C)OC(=O)N[C@@H]1CN([C@H](c2ccc(NN)nc2)C(F)(F)F)CC1F. The van der Waals surface area contributed by atoms with Crippen LogP contribution in [-0.4, -0.2) is 53.1 Å². The van der Waals surface area contributed by atoms with Gasteiger partial charge in [-0.2, -0.15) is 13.2 Å². The maximum Gasteiger partial charge on any atom is 0.408 e. The van der Waals surface area contributed by atoms with Crippen LogP contribution in [0.3, 0.4) is 0 Å². The van der Waals surface area contributed by atoms with Crippen molar-refractivity contribution in [2.75, 3.05) is 18.5 Å². The Kier molecular flexibility index (Phi) is 6.15. The first-order valence-corrected chi connectivity index (χ1v) is 8.27. The lowest BCUT2D eigenvalue weighted by molar-refractivity contribution is -0.184. The molecule has 1 saturated heterocycles. The number of nitrogens with one attached hydrogen (secondary N) is 2. The van der Waals surface area contributed by atoms with E-state index >= 15 is 0 Å². The van der Waals surface area contributed by atoms with Gasteiger partial charge in [0.2, 0.25) is 0 Å². The van der Waals surface area contributed by atoms with Crippen LogP contribution in [0.1, 0.15) is 32.4 Å². The number of hydrogen-bond acceptors (Lipinski definition) is 6. The molecule has 11 heteroatoms. The van der Waals surface area contributed by atoms with Crippen molar-refractivity contribution in [3.63, 3.8) is 0 Å². The summed E-state index contributed by atoms with van der Waals surface area (Å²) in [7, 11) is 0. The average molecular weight is 393 g/mol. The summed E-state index contributed by atoms with van der Waals surface area (Å²) in [5, 5.41) is 2.30. The van der Waals surface area contributed by atoms with Gasteiger partial charge in [0, 0.05) is 19.3 Å². The normalized spacial score (nSPS) is 22.4. The summed E-state index contributed by atoms with van der Waals surface area (Å²) in [6.07, 6.45) is -6.16. The van der Waals surface area contributed by atoms with Gasteiger partial charge in [-0.1, -0.05) is 6.07 Å². The quantitative estimate of drug-likeness (QED) is 0.414. The fraction of sp³-hybridized carbons (Fsp3) is 0.625. The maximum atomic E-state index is 14.3. The second kappa shape index (κ2) is 7.85. The minimum Gasteiger partial charge on any atom is -0.444 e. The number of nitrogen functional groups attached to an aromatic ring is 1. The van der Waals surface area contributed by atoms with Gasteiger partial charge in [-0.25, -0.2) is 20.0 Å². The minimum atomic E-state index is -4.65. The molecule has 0 bridgehead atoms. The van der Waals surface area contributed by atoms with Crippen molar-refractivity contribution in [1.29, 1.82) is 0 Å². The molecular formula is C16H23F4N5O2. The molecule has 1 aromatic rings. The molecule has 0 spiro atoms. The van der Waals surface area contributed by atoms with E-state index in [4.69, 9.17) is 10.6 Å². The van der Waals surface area contributed by atoms with E-state index in [1.165, 1.54) is 12.1 Å². The number of likely N-dealkylation sites (tertiary alicyclic amines) is 1. The predicted octanol–water partition coefficient (Wildman–Crippen LogP) is 2.52. The highest BCUT2D eigenvalue weighted by Gasteiger charge is 2.49.